The van der Waals surface area contributed by atoms with Crippen molar-refractivity contribution >= 4 is 11.6 Å². The molecule has 4 heteroatoms. The molecule has 2 rings (SSSR count). The van der Waals surface area contributed by atoms with Gasteiger partial charge < -0.3 is 5.32 Å². The molecule has 1 aromatic carbocycles. The van der Waals surface area contributed by atoms with Crippen LogP contribution in [-0.4, -0.2) is 4.98 Å². The Labute approximate surface area is 111 Å². The van der Waals surface area contributed by atoms with Crippen molar-refractivity contribution in [2.75, 3.05) is 0 Å². The average Bonchev–Trinajstić information content (AvgIpc) is 2.38. The van der Waals surface area contributed by atoms with E-state index in [1.54, 1.807) is 24.5 Å². The second-order valence-electron chi connectivity index (χ2n) is 4.12. The molecule has 1 atom stereocenters. The summed E-state index contributed by atoms with van der Waals surface area (Å²) in [7, 11) is 0. The SMILES string of the molecule is C[C@H](NCc1ccc(Cl)cc1F)c1cccnc1. The Balaban J connectivity index is 1.99. The van der Waals surface area contributed by atoms with Crippen molar-refractivity contribution < 1.29 is 4.39 Å². The predicted molar refractivity (Wildman–Crippen MR) is 70.9 cm³/mol. The van der Waals surface area contributed by atoms with Crippen LogP contribution in [-0.2, 0) is 6.54 Å². The summed E-state index contributed by atoms with van der Waals surface area (Å²) in [5.41, 5.74) is 1.68. The van der Waals surface area contributed by atoms with Gasteiger partial charge in [0.25, 0.3) is 0 Å². The summed E-state index contributed by atoms with van der Waals surface area (Å²) in [6, 6.07) is 8.71. The van der Waals surface area contributed by atoms with E-state index in [9.17, 15) is 4.39 Å². The fourth-order valence-electron chi connectivity index (χ4n) is 1.68. The van der Waals surface area contributed by atoms with Crippen molar-refractivity contribution in [3.8, 4) is 0 Å². The van der Waals surface area contributed by atoms with E-state index >= 15 is 0 Å². The Morgan fingerprint density at radius 2 is 2.22 bits per heavy atom. The molecule has 18 heavy (non-hydrogen) atoms. The average molecular weight is 265 g/mol. The summed E-state index contributed by atoms with van der Waals surface area (Å²) in [4.78, 5) is 4.06. The van der Waals surface area contributed by atoms with Gasteiger partial charge in [-0.05, 0) is 30.7 Å². The van der Waals surface area contributed by atoms with Crippen LogP contribution >= 0.6 is 11.6 Å². The van der Waals surface area contributed by atoms with Crippen LogP contribution in [0.4, 0.5) is 4.39 Å². The van der Waals surface area contributed by atoms with E-state index in [1.165, 1.54) is 6.07 Å². The number of hydrogen-bond donors (Lipinski definition) is 1. The maximum absolute atomic E-state index is 13.6. The summed E-state index contributed by atoms with van der Waals surface area (Å²) in [5, 5.41) is 3.67. The maximum atomic E-state index is 13.6. The first-order valence-corrected chi connectivity index (χ1v) is 6.12. The predicted octanol–water partition coefficient (Wildman–Crippen LogP) is 3.72. The van der Waals surface area contributed by atoms with Gasteiger partial charge in [-0.3, -0.25) is 4.98 Å². The monoisotopic (exact) mass is 264 g/mol. The van der Waals surface area contributed by atoms with Gasteiger partial charge in [-0.2, -0.15) is 0 Å². The van der Waals surface area contributed by atoms with Crippen molar-refractivity contribution in [3.63, 3.8) is 0 Å². The Morgan fingerprint density at radius 3 is 2.89 bits per heavy atom. The van der Waals surface area contributed by atoms with Gasteiger partial charge in [0.1, 0.15) is 5.82 Å². The minimum absolute atomic E-state index is 0.119. The van der Waals surface area contributed by atoms with Crippen LogP contribution < -0.4 is 5.32 Å². The standard InChI is InChI=1S/C14H14ClFN2/c1-10(11-3-2-6-17-8-11)18-9-12-4-5-13(15)7-14(12)16/h2-8,10,18H,9H2,1H3/t10-/m0/s1. The summed E-state index contributed by atoms with van der Waals surface area (Å²) in [5.74, 6) is -0.284. The van der Waals surface area contributed by atoms with Crippen LogP contribution in [0, 0.1) is 5.82 Å². The molecule has 2 nitrogen and oxygen atoms in total. The van der Waals surface area contributed by atoms with Gasteiger partial charge in [0, 0.05) is 35.6 Å². The van der Waals surface area contributed by atoms with E-state index < -0.39 is 0 Å². The van der Waals surface area contributed by atoms with Crippen molar-refractivity contribution in [1.29, 1.82) is 0 Å². The Bertz CT molecular complexity index is 516. The molecule has 0 amide bonds. The van der Waals surface area contributed by atoms with Gasteiger partial charge in [0.2, 0.25) is 0 Å². The van der Waals surface area contributed by atoms with E-state index in [0.29, 0.717) is 17.1 Å². The second kappa shape index (κ2) is 5.94. The smallest absolute Gasteiger partial charge is 0.129 e. The van der Waals surface area contributed by atoms with Crippen molar-refractivity contribution in [2.24, 2.45) is 0 Å². The zero-order chi connectivity index (χ0) is 13.0. The zero-order valence-electron chi connectivity index (χ0n) is 10.0. The maximum Gasteiger partial charge on any atom is 0.129 e. The first-order valence-electron chi connectivity index (χ1n) is 5.74. The van der Waals surface area contributed by atoms with Crippen LogP contribution in [0.2, 0.25) is 5.02 Å². The number of pyridine rings is 1. The van der Waals surface area contributed by atoms with Gasteiger partial charge in [-0.1, -0.05) is 23.7 Å². The van der Waals surface area contributed by atoms with Crippen molar-refractivity contribution in [3.05, 3.63) is 64.7 Å². The topological polar surface area (TPSA) is 24.9 Å². The number of nitrogens with one attached hydrogen (secondary N) is 1. The molecule has 0 aliphatic heterocycles. The third-order valence-electron chi connectivity index (χ3n) is 2.80. The van der Waals surface area contributed by atoms with Crippen LogP contribution in [0.5, 0.6) is 0 Å². The van der Waals surface area contributed by atoms with Crippen molar-refractivity contribution in [2.45, 2.75) is 19.5 Å². The lowest BCUT2D eigenvalue weighted by Crippen LogP contribution is -2.18. The number of halogens is 2. The molecule has 0 saturated carbocycles. The number of nitrogens with zero attached hydrogens (tertiary/aromatic N) is 1. The molecular formula is C14H14ClFN2. The van der Waals surface area contributed by atoms with Crippen LogP contribution in [0.3, 0.4) is 0 Å². The molecular weight excluding hydrogens is 251 g/mol. The molecule has 0 unspecified atom stereocenters. The Morgan fingerprint density at radius 1 is 1.39 bits per heavy atom. The van der Waals surface area contributed by atoms with E-state index in [2.05, 4.69) is 10.3 Å². The molecule has 94 valence electrons. The lowest BCUT2D eigenvalue weighted by atomic mass is 10.1. The zero-order valence-corrected chi connectivity index (χ0v) is 10.8. The first kappa shape index (κ1) is 13.0. The largest absolute Gasteiger partial charge is 0.306 e. The van der Waals surface area contributed by atoms with Gasteiger partial charge in [-0.25, -0.2) is 4.39 Å². The molecule has 1 heterocycles. The highest BCUT2D eigenvalue weighted by Crippen LogP contribution is 2.16. The summed E-state index contributed by atoms with van der Waals surface area (Å²) < 4.78 is 13.6. The summed E-state index contributed by atoms with van der Waals surface area (Å²) >= 11 is 5.71. The molecule has 0 aliphatic rings. The van der Waals surface area contributed by atoms with Gasteiger partial charge >= 0.3 is 0 Å². The minimum atomic E-state index is -0.284. The molecule has 0 bridgehead atoms. The number of rotatable bonds is 4. The van der Waals surface area contributed by atoms with E-state index in [4.69, 9.17) is 11.6 Å². The fourth-order valence-corrected chi connectivity index (χ4v) is 1.84. The molecule has 0 saturated heterocycles. The van der Waals surface area contributed by atoms with E-state index in [-0.39, 0.29) is 11.9 Å². The van der Waals surface area contributed by atoms with Gasteiger partial charge in [0.15, 0.2) is 0 Å². The Kier molecular flexibility index (Phi) is 4.28. The molecule has 0 fully saturated rings. The molecule has 1 N–H and O–H groups in total. The molecule has 0 spiro atoms. The molecule has 1 aromatic heterocycles. The van der Waals surface area contributed by atoms with Crippen LogP contribution in [0.25, 0.3) is 0 Å². The molecule has 0 aliphatic carbocycles. The third kappa shape index (κ3) is 3.28. The fraction of sp³-hybridized carbons (Fsp3) is 0.214. The highest BCUT2D eigenvalue weighted by atomic mass is 35.5. The second-order valence-corrected chi connectivity index (χ2v) is 4.56. The lowest BCUT2D eigenvalue weighted by molar-refractivity contribution is 0.543. The van der Waals surface area contributed by atoms with Crippen molar-refractivity contribution in [1.82, 2.24) is 10.3 Å². The normalized spacial score (nSPS) is 12.4. The van der Waals surface area contributed by atoms with E-state index in [0.717, 1.165) is 5.56 Å². The third-order valence-corrected chi connectivity index (χ3v) is 3.03. The molecule has 2 aromatic rings. The quantitative estimate of drug-likeness (QED) is 0.910. The minimum Gasteiger partial charge on any atom is -0.306 e. The highest BCUT2D eigenvalue weighted by molar-refractivity contribution is 6.30. The molecule has 0 radical (unpaired) electrons. The number of aromatic nitrogens is 1. The number of hydrogen-bond acceptors (Lipinski definition) is 2. The van der Waals surface area contributed by atoms with Gasteiger partial charge in [-0.15, -0.1) is 0 Å². The summed E-state index contributed by atoms with van der Waals surface area (Å²) in [6.45, 7) is 2.48. The van der Waals surface area contributed by atoms with Crippen LogP contribution in [0.15, 0.2) is 42.7 Å². The highest BCUT2D eigenvalue weighted by Gasteiger charge is 2.07. The van der Waals surface area contributed by atoms with Crippen LogP contribution in [0.1, 0.15) is 24.1 Å². The Hall–Kier alpha value is -1.45. The lowest BCUT2D eigenvalue weighted by Gasteiger charge is -2.14. The van der Waals surface area contributed by atoms with Gasteiger partial charge in [0.05, 0.1) is 0 Å². The summed E-state index contributed by atoms with van der Waals surface area (Å²) in [6.07, 6.45) is 3.53. The van der Waals surface area contributed by atoms with E-state index in [1.807, 2.05) is 19.1 Å². The number of benzene rings is 1. The first-order chi connectivity index (χ1) is 8.66.